The van der Waals surface area contributed by atoms with E-state index >= 15 is 0 Å². The van der Waals surface area contributed by atoms with Crippen molar-refractivity contribution >= 4 is 28.3 Å². The van der Waals surface area contributed by atoms with E-state index in [1.807, 2.05) is 18.2 Å². The molecule has 4 aromatic rings. The quantitative estimate of drug-likeness (QED) is 0.369. The van der Waals surface area contributed by atoms with Crippen LogP contribution in [0.4, 0.5) is 24.7 Å². The fourth-order valence-electron chi connectivity index (χ4n) is 4.02. The topological polar surface area (TPSA) is 89.5 Å². The highest BCUT2D eigenvalue weighted by Crippen LogP contribution is 2.33. The lowest BCUT2D eigenvalue weighted by Gasteiger charge is -2.39. The fourth-order valence-corrected chi connectivity index (χ4v) is 4.02. The first kappa shape index (κ1) is 24.4. The van der Waals surface area contributed by atoms with Crippen molar-refractivity contribution < 1.29 is 27.4 Å². The number of carbonyl (C=O) groups excluding carboxylic acids is 1. The molecule has 1 aliphatic heterocycles. The van der Waals surface area contributed by atoms with Gasteiger partial charge in [0.2, 0.25) is 5.91 Å². The molecule has 1 aliphatic rings. The second-order valence-corrected chi connectivity index (χ2v) is 8.56. The monoisotopic (exact) mass is 509 g/mol. The van der Waals surface area contributed by atoms with Crippen molar-refractivity contribution in [2.45, 2.75) is 12.1 Å². The second kappa shape index (κ2) is 10.0. The smallest absolute Gasteiger partial charge is 0.433 e. The molecule has 0 radical (unpaired) electrons. The molecule has 190 valence electrons. The lowest BCUT2D eigenvalue weighted by molar-refractivity contribution is -0.141. The molecule has 1 saturated heterocycles. The number of aromatic nitrogens is 3. The SMILES string of the molecule is COCC(=O)N1CC(c2ccc3ncnc(Nc4ccc(Oc5ccc(C(F)(F)F)nc5)cc4)c3c2)C1. The first-order valence-electron chi connectivity index (χ1n) is 11.4. The van der Waals surface area contributed by atoms with Crippen LogP contribution in [0.2, 0.25) is 0 Å². The van der Waals surface area contributed by atoms with Gasteiger partial charge in [-0.05, 0) is 54.1 Å². The Bertz CT molecular complexity index is 1410. The Hall–Kier alpha value is -4.25. The number of methoxy groups -OCH3 is 1. The molecule has 2 aromatic carbocycles. The van der Waals surface area contributed by atoms with Crippen molar-refractivity contribution in [3.05, 3.63) is 78.4 Å². The van der Waals surface area contributed by atoms with Crippen LogP contribution >= 0.6 is 0 Å². The lowest BCUT2D eigenvalue weighted by Crippen LogP contribution is -2.49. The average Bonchev–Trinajstić information content (AvgIpc) is 2.85. The zero-order valence-corrected chi connectivity index (χ0v) is 19.7. The van der Waals surface area contributed by atoms with Gasteiger partial charge < -0.3 is 19.7 Å². The van der Waals surface area contributed by atoms with Crippen LogP contribution in [0, 0.1) is 0 Å². The summed E-state index contributed by atoms with van der Waals surface area (Å²) in [5.74, 6) is 1.47. The molecule has 2 aromatic heterocycles. The molecule has 3 heterocycles. The zero-order chi connectivity index (χ0) is 26.0. The number of pyridine rings is 1. The highest BCUT2D eigenvalue weighted by atomic mass is 19.4. The highest BCUT2D eigenvalue weighted by molar-refractivity contribution is 5.91. The van der Waals surface area contributed by atoms with Crippen molar-refractivity contribution in [2.75, 3.05) is 32.1 Å². The third-order valence-corrected chi connectivity index (χ3v) is 6.01. The Balaban J connectivity index is 1.27. The molecule has 0 saturated carbocycles. The molecular formula is C26H22F3N5O3. The van der Waals surface area contributed by atoms with Crippen molar-refractivity contribution in [3.63, 3.8) is 0 Å². The van der Waals surface area contributed by atoms with Gasteiger partial charge in [0.15, 0.2) is 0 Å². The first-order chi connectivity index (χ1) is 17.8. The maximum absolute atomic E-state index is 12.7. The fraction of sp³-hybridized carbons (Fsp3) is 0.231. The Labute approximate surface area is 210 Å². The number of rotatable bonds is 7. The Morgan fingerprint density at radius 2 is 1.78 bits per heavy atom. The molecule has 8 nitrogen and oxygen atoms in total. The summed E-state index contributed by atoms with van der Waals surface area (Å²) < 4.78 is 48.6. The summed E-state index contributed by atoms with van der Waals surface area (Å²) in [6, 6.07) is 15.0. The Kier molecular flexibility index (Phi) is 6.62. The van der Waals surface area contributed by atoms with E-state index in [-0.39, 0.29) is 24.2 Å². The molecule has 11 heteroatoms. The van der Waals surface area contributed by atoms with Gasteiger partial charge >= 0.3 is 6.18 Å². The van der Waals surface area contributed by atoms with Crippen LogP contribution in [-0.4, -0.2) is 52.6 Å². The minimum atomic E-state index is -4.50. The summed E-state index contributed by atoms with van der Waals surface area (Å²) in [6.07, 6.45) is -1.98. The van der Waals surface area contributed by atoms with E-state index in [9.17, 15) is 18.0 Å². The van der Waals surface area contributed by atoms with Crippen LogP contribution in [0.5, 0.6) is 11.5 Å². The molecule has 0 bridgehead atoms. The molecule has 37 heavy (non-hydrogen) atoms. The molecule has 5 rings (SSSR count). The minimum absolute atomic E-state index is 0.0211. The molecule has 1 amide bonds. The third-order valence-electron chi connectivity index (χ3n) is 6.01. The van der Waals surface area contributed by atoms with Crippen molar-refractivity contribution in [2.24, 2.45) is 0 Å². The summed E-state index contributed by atoms with van der Waals surface area (Å²) in [5.41, 5.74) is 1.64. The Morgan fingerprint density at radius 1 is 1.03 bits per heavy atom. The number of nitrogens with one attached hydrogen (secondary N) is 1. The van der Waals surface area contributed by atoms with Crippen molar-refractivity contribution in [1.82, 2.24) is 19.9 Å². The summed E-state index contributed by atoms with van der Waals surface area (Å²) >= 11 is 0. The number of amides is 1. The number of likely N-dealkylation sites (tertiary alicyclic amines) is 1. The van der Waals surface area contributed by atoms with E-state index in [2.05, 4.69) is 20.3 Å². The molecular weight excluding hydrogens is 487 g/mol. The predicted molar refractivity (Wildman–Crippen MR) is 130 cm³/mol. The van der Waals surface area contributed by atoms with Gasteiger partial charge in [-0.2, -0.15) is 13.2 Å². The number of nitrogens with zero attached hydrogens (tertiary/aromatic N) is 4. The van der Waals surface area contributed by atoms with Gasteiger partial charge in [-0.3, -0.25) is 4.79 Å². The summed E-state index contributed by atoms with van der Waals surface area (Å²) in [6.45, 7) is 1.36. The van der Waals surface area contributed by atoms with Crippen LogP contribution in [-0.2, 0) is 15.7 Å². The van der Waals surface area contributed by atoms with Gasteiger partial charge in [0, 0.05) is 37.2 Å². The van der Waals surface area contributed by atoms with Gasteiger partial charge in [0.25, 0.3) is 0 Å². The molecule has 1 fully saturated rings. The molecule has 1 N–H and O–H groups in total. The predicted octanol–water partition coefficient (Wildman–Crippen LogP) is 5.15. The van der Waals surface area contributed by atoms with Gasteiger partial charge in [-0.25, -0.2) is 15.0 Å². The molecule has 0 spiro atoms. The minimum Gasteiger partial charge on any atom is -0.456 e. The van der Waals surface area contributed by atoms with Gasteiger partial charge in [-0.15, -0.1) is 0 Å². The number of halogens is 3. The third kappa shape index (κ3) is 5.46. The standard InChI is InChI=1S/C26H22F3N5O3/c1-36-14-24(35)34-12-17(13-34)16-2-8-22-21(10-16)25(32-15-31-22)33-18-3-5-19(6-4-18)37-20-7-9-23(30-11-20)26(27,28)29/h2-11,15,17H,12-14H2,1H3,(H,31,32,33). The number of hydrogen-bond donors (Lipinski definition) is 1. The van der Waals surface area contributed by atoms with Crippen LogP contribution in [0.3, 0.4) is 0 Å². The van der Waals surface area contributed by atoms with E-state index in [0.29, 0.717) is 24.7 Å². The highest BCUT2D eigenvalue weighted by Gasteiger charge is 2.32. The van der Waals surface area contributed by atoms with Crippen LogP contribution < -0.4 is 10.1 Å². The molecule has 0 unspecified atom stereocenters. The Morgan fingerprint density at radius 3 is 2.46 bits per heavy atom. The average molecular weight is 509 g/mol. The number of hydrogen-bond acceptors (Lipinski definition) is 7. The zero-order valence-electron chi connectivity index (χ0n) is 19.7. The normalized spacial score (nSPS) is 13.9. The molecule has 0 atom stereocenters. The van der Waals surface area contributed by atoms with Crippen molar-refractivity contribution in [1.29, 1.82) is 0 Å². The van der Waals surface area contributed by atoms with Crippen LogP contribution in [0.1, 0.15) is 17.2 Å². The number of benzene rings is 2. The maximum atomic E-state index is 12.7. The number of carbonyl (C=O) groups is 1. The maximum Gasteiger partial charge on any atom is 0.433 e. The number of fused-ring (bicyclic) bond motifs is 1. The number of alkyl halides is 3. The number of anilines is 2. The number of ether oxygens (including phenoxy) is 2. The summed E-state index contributed by atoms with van der Waals surface area (Å²) in [7, 11) is 1.50. The molecule has 0 aliphatic carbocycles. The lowest BCUT2D eigenvalue weighted by atomic mass is 9.90. The van der Waals surface area contributed by atoms with E-state index in [0.717, 1.165) is 34.4 Å². The summed E-state index contributed by atoms with van der Waals surface area (Å²) in [4.78, 5) is 25.9. The van der Waals surface area contributed by atoms with Crippen molar-refractivity contribution in [3.8, 4) is 11.5 Å². The van der Waals surface area contributed by atoms with E-state index in [4.69, 9.17) is 9.47 Å². The first-order valence-corrected chi connectivity index (χ1v) is 11.4. The van der Waals surface area contributed by atoms with Crippen LogP contribution in [0.15, 0.2) is 67.1 Å². The van der Waals surface area contributed by atoms with Gasteiger partial charge in [0.1, 0.15) is 35.9 Å². The summed E-state index contributed by atoms with van der Waals surface area (Å²) in [5, 5.41) is 4.13. The van der Waals surface area contributed by atoms with Gasteiger partial charge in [0.05, 0.1) is 11.7 Å². The van der Waals surface area contributed by atoms with Crippen LogP contribution in [0.25, 0.3) is 10.9 Å². The van der Waals surface area contributed by atoms with Gasteiger partial charge in [-0.1, -0.05) is 6.07 Å². The largest absolute Gasteiger partial charge is 0.456 e. The second-order valence-electron chi connectivity index (χ2n) is 8.56. The van der Waals surface area contributed by atoms with E-state index < -0.39 is 11.9 Å². The van der Waals surface area contributed by atoms with E-state index in [1.54, 1.807) is 29.2 Å². The van der Waals surface area contributed by atoms with E-state index in [1.165, 1.54) is 19.5 Å².